The molecular formula is C7H17N2V-. The third-order valence-corrected chi connectivity index (χ3v) is 1.28. The van der Waals surface area contributed by atoms with Gasteiger partial charge in [-0.25, -0.2) is 0 Å². The fraction of sp³-hybridized carbons (Fsp3) is 1.00. The first-order chi connectivity index (χ1) is 4.39. The Bertz CT molecular complexity index is 53.6. The predicted molar refractivity (Wildman–Crippen MR) is 41.9 cm³/mol. The quantitative estimate of drug-likeness (QED) is 0.549. The summed E-state index contributed by atoms with van der Waals surface area (Å²) in [7, 11) is 2.13. The molecular weight excluding hydrogens is 163 g/mol. The van der Waals surface area contributed by atoms with Crippen molar-refractivity contribution >= 4 is 0 Å². The van der Waals surface area contributed by atoms with Gasteiger partial charge in [0, 0.05) is 18.6 Å². The zero-order valence-corrected chi connectivity index (χ0v) is 8.57. The Labute approximate surface area is 76.2 Å². The van der Waals surface area contributed by atoms with Crippen molar-refractivity contribution in [2.75, 3.05) is 33.2 Å². The Morgan fingerprint density at radius 2 is 1.50 bits per heavy atom. The third kappa shape index (κ3) is 6.62. The molecule has 0 atom stereocenters. The van der Waals surface area contributed by atoms with Crippen LogP contribution < -0.4 is 0 Å². The number of piperazine rings is 1. The second-order valence-corrected chi connectivity index (χ2v) is 1.97. The molecule has 3 heteroatoms. The molecule has 0 aromatic heterocycles. The minimum Gasteiger partial charge on any atom is -0.660 e. The van der Waals surface area contributed by atoms with Crippen LogP contribution in [-0.2, 0) is 18.6 Å². The summed E-state index contributed by atoms with van der Waals surface area (Å²) in [5, 5.41) is 4.19. The van der Waals surface area contributed by atoms with Gasteiger partial charge in [0.05, 0.1) is 0 Å². The van der Waals surface area contributed by atoms with Crippen LogP contribution in [0.1, 0.15) is 13.8 Å². The first-order valence-corrected chi connectivity index (χ1v) is 3.71. The molecule has 0 aromatic rings. The zero-order chi connectivity index (χ0) is 7.11. The van der Waals surface area contributed by atoms with Crippen LogP contribution >= 0.6 is 0 Å². The van der Waals surface area contributed by atoms with Crippen LogP contribution in [0.15, 0.2) is 0 Å². The first kappa shape index (κ1) is 13.1. The van der Waals surface area contributed by atoms with E-state index in [4.69, 9.17) is 0 Å². The summed E-state index contributed by atoms with van der Waals surface area (Å²) in [6.07, 6.45) is 0. The van der Waals surface area contributed by atoms with Gasteiger partial charge >= 0.3 is 0 Å². The first-order valence-electron chi connectivity index (χ1n) is 3.71. The van der Waals surface area contributed by atoms with E-state index in [-0.39, 0.29) is 18.6 Å². The number of nitrogens with zero attached hydrogens (tertiary/aromatic N) is 2. The van der Waals surface area contributed by atoms with Gasteiger partial charge in [-0.2, -0.15) is 0 Å². The molecule has 0 unspecified atom stereocenters. The monoisotopic (exact) mass is 180 g/mol. The van der Waals surface area contributed by atoms with Crippen molar-refractivity contribution in [1.29, 1.82) is 0 Å². The second kappa shape index (κ2) is 9.50. The zero-order valence-electron chi connectivity index (χ0n) is 7.17. The summed E-state index contributed by atoms with van der Waals surface area (Å²) in [4.78, 5) is 2.30. The van der Waals surface area contributed by atoms with Crippen LogP contribution in [0, 0.1) is 0 Å². The van der Waals surface area contributed by atoms with Crippen LogP contribution in [-0.4, -0.2) is 38.1 Å². The summed E-state index contributed by atoms with van der Waals surface area (Å²) in [5.74, 6) is 0. The van der Waals surface area contributed by atoms with Crippen LogP contribution in [0.25, 0.3) is 5.32 Å². The molecule has 1 heterocycles. The van der Waals surface area contributed by atoms with Crippen molar-refractivity contribution in [2.45, 2.75) is 13.8 Å². The molecule has 0 aliphatic carbocycles. The summed E-state index contributed by atoms with van der Waals surface area (Å²) in [6, 6.07) is 0. The van der Waals surface area contributed by atoms with Gasteiger partial charge in [-0.3, -0.25) is 0 Å². The molecule has 1 saturated heterocycles. The minimum atomic E-state index is 0. The number of hydrogen-bond acceptors (Lipinski definition) is 1. The van der Waals surface area contributed by atoms with Crippen molar-refractivity contribution in [1.82, 2.24) is 4.90 Å². The Balaban J connectivity index is 0. The SMILES string of the molecule is CC.CN1CC[N-]CC1.[V]. The van der Waals surface area contributed by atoms with E-state index >= 15 is 0 Å². The smallest absolute Gasteiger partial charge is 0 e. The normalized spacial score (nSPS) is 18.3. The van der Waals surface area contributed by atoms with Gasteiger partial charge in [-0.1, -0.05) is 13.8 Å². The molecule has 1 radical (unpaired) electrons. The number of rotatable bonds is 0. The third-order valence-electron chi connectivity index (χ3n) is 1.28. The maximum absolute atomic E-state index is 4.19. The van der Waals surface area contributed by atoms with E-state index in [9.17, 15) is 0 Å². The Hall–Kier alpha value is 0.504. The van der Waals surface area contributed by atoms with Crippen molar-refractivity contribution in [2.24, 2.45) is 0 Å². The molecule has 1 fully saturated rings. The van der Waals surface area contributed by atoms with E-state index in [0.29, 0.717) is 0 Å². The summed E-state index contributed by atoms with van der Waals surface area (Å²) in [5.41, 5.74) is 0. The average molecular weight is 180 g/mol. The summed E-state index contributed by atoms with van der Waals surface area (Å²) in [6.45, 7) is 8.38. The van der Waals surface area contributed by atoms with Crippen molar-refractivity contribution in [3.63, 3.8) is 0 Å². The summed E-state index contributed by atoms with van der Waals surface area (Å²) >= 11 is 0. The molecule has 1 aliphatic rings. The van der Waals surface area contributed by atoms with Gasteiger partial charge in [0.1, 0.15) is 0 Å². The van der Waals surface area contributed by atoms with Crippen molar-refractivity contribution < 1.29 is 18.6 Å². The van der Waals surface area contributed by atoms with E-state index in [1.165, 1.54) is 0 Å². The number of hydrogen-bond donors (Lipinski definition) is 0. The molecule has 1 aliphatic heterocycles. The maximum atomic E-state index is 4.19. The topological polar surface area (TPSA) is 17.3 Å². The van der Waals surface area contributed by atoms with Crippen LogP contribution in [0.3, 0.4) is 0 Å². The molecule has 0 spiro atoms. The van der Waals surface area contributed by atoms with Crippen LogP contribution in [0.4, 0.5) is 0 Å². The van der Waals surface area contributed by atoms with Gasteiger partial charge in [0.25, 0.3) is 0 Å². The molecule has 1 rings (SSSR count). The van der Waals surface area contributed by atoms with E-state index in [0.717, 1.165) is 26.2 Å². The van der Waals surface area contributed by atoms with Gasteiger partial charge < -0.3 is 10.2 Å². The van der Waals surface area contributed by atoms with Gasteiger partial charge in [0.15, 0.2) is 0 Å². The largest absolute Gasteiger partial charge is 0.660 e. The molecule has 0 amide bonds. The number of likely N-dealkylation sites (N-methyl/N-ethyl adjacent to an activating group) is 1. The Kier molecular flexibility index (Phi) is 12.5. The molecule has 2 nitrogen and oxygen atoms in total. The van der Waals surface area contributed by atoms with Crippen molar-refractivity contribution in [3.8, 4) is 0 Å². The Morgan fingerprint density at radius 3 is 1.70 bits per heavy atom. The van der Waals surface area contributed by atoms with E-state index in [2.05, 4.69) is 17.3 Å². The van der Waals surface area contributed by atoms with Gasteiger partial charge in [-0.05, 0) is 20.1 Å². The van der Waals surface area contributed by atoms with Crippen LogP contribution in [0.2, 0.25) is 0 Å². The van der Waals surface area contributed by atoms with Crippen LogP contribution in [0.5, 0.6) is 0 Å². The molecule has 61 valence electrons. The van der Waals surface area contributed by atoms with Gasteiger partial charge in [-0.15, -0.1) is 13.1 Å². The fourth-order valence-electron chi connectivity index (χ4n) is 0.706. The second-order valence-electron chi connectivity index (χ2n) is 1.97. The van der Waals surface area contributed by atoms with E-state index < -0.39 is 0 Å². The molecule has 0 aromatic carbocycles. The predicted octanol–water partition coefficient (Wildman–Crippen LogP) is 1.33. The van der Waals surface area contributed by atoms with E-state index in [1.807, 2.05) is 13.8 Å². The Morgan fingerprint density at radius 1 is 1.10 bits per heavy atom. The average Bonchev–Trinajstić information content (AvgIpc) is 1.94. The van der Waals surface area contributed by atoms with E-state index in [1.54, 1.807) is 0 Å². The molecule has 10 heavy (non-hydrogen) atoms. The van der Waals surface area contributed by atoms with Crippen molar-refractivity contribution in [3.05, 3.63) is 5.32 Å². The van der Waals surface area contributed by atoms with Gasteiger partial charge in [0.2, 0.25) is 0 Å². The molecule has 0 bridgehead atoms. The standard InChI is InChI=1S/C5H11N2.C2H6.V/c1-7-4-2-6-3-5-7;1-2;/h2-5H2,1H3;1-2H3;/q-1;;. The molecule has 0 N–H and O–H groups in total. The summed E-state index contributed by atoms with van der Waals surface area (Å²) < 4.78 is 0. The maximum Gasteiger partial charge on any atom is 0 e. The fourth-order valence-corrected chi connectivity index (χ4v) is 0.706. The minimum absolute atomic E-state index is 0. The molecule has 0 saturated carbocycles.